The van der Waals surface area contributed by atoms with Crippen LogP contribution in [-0.2, 0) is 13.1 Å². The topological polar surface area (TPSA) is 51.4 Å². The Morgan fingerprint density at radius 2 is 1.90 bits per heavy atom. The lowest BCUT2D eigenvalue weighted by molar-refractivity contribution is 0.260. The number of benzene rings is 1. The first kappa shape index (κ1) is 14.5. The fourth-order valence-corrected chi connectivity index (χ4v) is 1.90. The number of rotatable bonds is 6. The third kappa shape index (κ3) is 3.81. The zero-order valence-corrected chi connectivity index (χ0v) is 12.5. The molecule has 5 nitrogen and oxygen atoms in total. The first-order valence-electron chi connectivity index (χ1n) is 6.72. The molecule has 0 amide bonds. The van der Waals surface area contributed by atoms with Crippen molar-refractivity contribution in [2.45, 2.75) is 32.9 Å². The maximum Gasteiger partial charge on any atom is 0.240 e. The van der Waals surface area contributed by atoms with Gasteiger partial charge in [0.25, 0.3) is 0 Å². The third-order valence-electron chi connectivity index (χ3n) is 3.02. The van der Waals surface area contributed by atoms with Crippen molar-refractivity contribution >= 4 is 0 Å². The lowest BCUT2D eigenvalue weighted by Gasteiger charge is -2.14. The number of aromatic nitrogens is 2. The molecule has 0 atom stereocenters. The molecule has 1 aromatic heterocycles. The summed E-state index contributed by atoms with van der Waals surface area (Å²) in [7, 11) is 3.70. The molecule has 2 rings (SSSR count). The molecule has 0 N–H and O–H groups in total. The molecule has 0 unspecified atom stereocenters. The fourth-order valence-electron chi connectivity index (χ4n) is 1.90. The zero-order chi connectivity index (χ0) is 14.5. The number of hydrogen-bond acceptors (Lipinski definition) is 5. The summed E-state index contributed by atoms with van der Waals surface area (Å²) in [6.07, 6.45) is 0. The van der Waals surface area contributed by atoms with Gasteiger partial charge in [-0.25, -0.2) is 0 Å². The lowest BCUT2D eigenvalue weighted by Crippen LogP contribution is -2.17. The Balaban J connectivity index is 1.92. The van der Waals surface area contributed by atoms with Gasteiger partial charge in [-0.2, -0.15) is 4.98 Å². The SMILES string of the molecule is COc1ccc(CN(C)Cc2nc(C(C)C)no2)cc1. The van der Waals surface area contributed by atoms with Crippen molar-refractivity contribution in [2.75, 3.05) is 14.2 Å². The van der Waals surface area contributed by atoms with Gasteiger partial charge in [-0.05, 0) is 24.7 Å². The standard InChI is InChI=1S/C15H21N3O2/c1-11(2)15-16-14(20-17-15)10-18(3)9-12-5-7-13(19-4)8-6-12/h5-8,11H,9-10H2,1-4H3. The first-order chi connectivity index (χ1) is 9.58. The van der Waals surface area contributed by atoms with Crippen LogP contribution in [-0.4, -0.2) is 29.2 Å². The van der Waals surface area contributed by atoms with Crippen molar-refractivity contribution in [2.24, 2.45) is 0 Å². The maximum absolute atomic E-state index is 5.25. The Morgan fingerprint density at radius 1 is 1.20 bits per heavy atom. The molecule has 1 heterocycles. The first-order valence-corrected chi connectivity index (χ1v) is 6.72. The Bertz CT molecular complexity index is 534. The third-order valence-corrected chi connectivity index (χ3v) is 3.02. The van der Waals surface area contributed by atoms with Crippen molar-refractivity contribution in [3.63, 3.8) is 0 Å². The largest absolute Gasteiger partial charge is 0.497 e. The Hall–Kier alpha value is -1.88. The monoisotopic (exact) mass is 275 g/mol. The summed E-state index contributed by atoms with van der Waals surface area (Å²) in [5.74, 6) is 2.58. The maximum atomic E-state index is 5.25. The molecule has 0 saturated carbocycles. The summed E-state index contributed by atoms with van der Waals surface area (Å²) in [6.45, 7) is 5.57. The summed E-state index contributed by atoms with van der Waals surface area (Å²) < 4.78 is 10.4. The van der Waals surface area contributed by atoms with Crippen LogP contribution >= 0.6 is 0 Å². The molecule has 5 heteroatoms. The van der Waals surface area contributed by atoms with Crippen LogP contribution in [0.25, 0.3) is 0 Å². The fraction of sp³-hybridized carbons (Fsp3) is 0.467. The normalized spacial score (nSPS) is 11.3. The van der Waals surface area contributed by atoms with E-state index in [0.717, 1.165) is 18.1 Å². The smallest absolute Gasteiger partial charge is 0.240 e. The van der Waals surface area contributed by atoms with E-state index in [2.05, 4.69) is 41.0 Å². The van der Waals surface area contributed by atoms with Crippen molar-refractivity contribution in [1.82, 2.24) is 15.0 Å². The van der Waals surface area contributed by atoms with Crippen LogP contribution in [0, 0.1) is 0 Å². The Kier molecular flexibility index (Phi) is 4.74. The van der Waals surface area contributed by atoms with Crippen LogP contribution in [0.15, 0.2) is 28.8 Å². The van der Waals surface area contributed by atoms with Gasteiger partial charge in [-0.1, -0.05) is 31.1 Å². The van der Waals surface area contributed by atoms with Crippen LogP contribution in [0.2, 0.25) is 0 Å². The molecule has 0 spiro atoms. The molecule has 1 aromatic carbocycles. The van der Waals surface area contributed by atoms with Crippen molar-refractivity contribution in [3.8, 4) is 5.75 Å². The number of hydrogen-bond donors (Lipinski definition) is 0. The predicted octanol–water partition coefficient (Wildman–Crippen LogP) is 2.83. The van der Waals surface area contributed by atoms with Crippen molar-refractivity contribution in [3.05, 3.63) is 41.5 Å². The number of ether oxygens (including phenoxy) is 1. The van der Waals surface area contributed by atoms with E-state index in [9.17, 15) is 0 Å². The Morgan fingerprint density at radius 3 is 2.45 bits per heavy atom. The van der Waals surface area contributed by atoms with Crippen molar-refractivity contribution in [1.29, 1.82) is 0 Å². The van der Waals surface area contributed by atoms with Crippen LogP contribution < -0.4 is 4.74 Å². The van der Waals surface area contributed by atoms with Gasteiger partial charge in [0.15, 0.2) is 5.82 Å². The van der Waals surface area contributed by atoms with E-state index in [-0.39, 0.29) is 0 Å². The second kappa shape index (κ2) is 6.52. The molecule has 20 heavy (non-hydrogen) atoms. The van der Waals surface area contributed by atoms with Crippen LogP contribution in [0.1, 0.15) is 37.0 Å². The van der Waals surface area contributed by atoms with Crippen molar-refractivity contribution < 1.29 is 9.26 Å². The molecule has 108 valence electrons. The van der Waals surface area contributed by atoms with Gasteiger partial charge in [-0.3, -0.25) is 4.90 Å². The Labute approximate surface area is 119 Å². The zero-order valence-electron chi connectivity index (χ0n) is 12.5. The van der Waals surface area contributed by atoms with Gasteiger partial charge in [0.2, 0.25) is 5.89 Å². The van der Waals surface area contributed by atoms with E-state index < -0.39 is 0 Å². The highest BCUT2D eigenvalue weighted by molar-refractivity contribution is 5.27. The summed E-state index contributed by atoms with van der Waals surface area (Å²) in [6, 6.07) is 8.05. The van der Waals surface area contributed by atoms with E-state index in [1.54, 1.807) is 7.11 Å². The van der Waals surface area contributed by atoms with Gasteiger partial charge >= 0.3 is 0 Å². The average Bonchev–Trinajstić information content (AvgIpc) is 2.88. The molecule has 0 fully saturated rings. The molecule has 0 aliphatic rings. The van der Waals surface area contributed by atoms with E-state index in [4.69, 9.17) is 9.26 Å². The van der Waals surface area contributed by atoms with Gasteiger partial charge in [0.05, 0.1) is 13.7 Å². The summed E-state index contributed by atoms with van der Waals surface area (Å²) >= 11 is 0. The molecular formula is C15H21N3O2. The molecule has 0 aliphatic heterocycles. The van der Waals surface area contributed by atoms with Crippen LogP contribution in [0.5, 0.6) is 5.75 Å². The highest BCUT2D eigenvalue weighted by atomic mass is 16.5. The predicted molar refractivity (Wildman–Crippen MR) is 76.6 cm³/mol. The summed E-state index contributed by atoms with van der Waals surface area (Å²) in [4.78, 5) is 6.52. The van der Waals surface area contributed by atoms with Crippen LogP contribution in [0.3, 0.4) is 0 Å². The minimum atomic E-state index is 0.291. The number of nitrogens with zero attached hydrogens (tertiary/aromatic N) is 3. The molecule has 2 aromatic rings. The molecule has 0 saturated heterocycles. The minimum Gasteiger partial charge on any atom is -0.497 e. The number of methoxy groups -OCH3 is 1. The van der Waals surface area contributed by atoms with E-state index >= 15 is 0 Å². The molecule has 0 radical (unpaired) electrons. The van der Waals surface area contributed by atoms with Gasteiger partial charge < -0.3 is 9.26 Å². The quantitative estimate of drug-likeness (QED) is 0.811. The minimum absolute atomic E-state index is 0.291. The highest BCUT2D eigenvalue weighted by Crippen LogP contribution is 2.14. The van der Waals surface area contributed by atoms with Gasteiger partial charge in [-0.15, -0.1) is 0 Å². The summed E-state index contributed by atoms with van der Waals surface area (Å²) in [5, 5.41) is 3.97. The molecule has 0 aliphatic carbocycles. The second-order valence-electron chi connectivity index (χ2n) is 5.22. The van der Waals surface area contributed by atoms with Gasteiger partial charge in [0.1, 0.15) is 5.75 Å². The van der Waals surface area contributed by atoms with Gasteiger partial charge in [0, 0.05) is 12.5 Å². The highest BCUT2D eigenvalue weighted by Gasteiger charge is 2.11. The lowest BCUT2D eigenvalue weighted by atomic mass is 10.2. The van der Waals surface area contributed by atoms with E-state index in [1.807, 2.05) is 19.2 Å². The molecular weight excluding hydrogens is 254 g/mol. The van der Waals surface area contributed by atoms with E-state index in [0.29, 0.717) is 18.4 Å². The summed E-state index contributed by atoms with van der Waals surface area (Å²) in [5.41, 5.74) is 1.22. The van der Waals surface area contributed by atoms with E-state index in [1.165, 1.54) is 5.56 Å². The van der Waals surface area contributed by atoms with Crippen LogP contribution in [0.4, 0.5) is 0 Å². The molecule has 0 bridgehead atoms. The average molecular weight is 275 g/mol. The second-order valence-corrected chi connectivity index (χ2v) is 5.22.